The van der Waals surface area contributed by atoms with Crippen LogP contribution in [0.5, 0.6) is 5.75 Å². The Bertz CT molecular complexity index is 717. The van der Waals surface area contributed by atoms with E-state index >= 15 is 0 Å². The summed E-state index contributed by atoms with van der Waals surface area (Å²) in [6.07, 6.45) is -0.641. The molecule has 2 aromatic carbocycles. The molecule has 0 spiro atoms. The number of ether oxygens (including phenoxy) is 1. The van der Waals surface area contributed by atoms with E-state index in [9.17, 15) is 9.59 Å². The Hall–Kier alpha value is -2.62. The molecule has 23 heavy (non-hydrogen) atoms. The van der Waals surface area contributed by atoms with Gasteiger partial charge in [0.15, 0.2) is 11.9 Å². The molecule has 0 aliphatic carbocycles. The summed E-state index contributed by atoms with van der Waals surface area (Å²) in [4.78, 5) is 23.6. The van der Waals surface area contributed by atoms with Crippen LogP contribution in [-0.4, -0.2) is 17.8 Å². The number of benzene rings is 2. The van der Waals surface area contributed by atoms with Gasteiger partial charge in [0.2, 0.25) is 0 Å². The molecule has 1 unspecified atom stereocenters. The zero-order valence-corrected chi connectivity index (χ0v) is 13.8. The van der Waals surface area contributed by atoms with Crippen molar-refractivity contribution >= 4 is 17.4 Å². The molecule has 1 amide bonds. The maximum absolute atomic E-state index is 12.2. The quantitative estimate of drug-likeness (QED) is 0.852. The molecule has 0 aliphatic rings. The molecule has 4 nitrogen and oxygen atoms in total. The van der Waals surface area contributed by atoms with Crippen LogP contribution < -0.4 is 10.1 Å². The number of amides is 1. The van der Waals surface area contributed by atoms with Gasteiger partial charge >= 0.3 is 0 Å². The van der Waals surface area contributed by atoms with E-state index in [1.165, 1.54) is 6.92 Å². The minimum Gasteiger partial charge on any atom is -0.481 e. The fraction of sp³-hybridized carbons (Fsp3) is 0.263. The van der Waals surface area contributed by atoms with E-state index in [0.717, 1.165) is 11.1 Å². The lowest BCUT2D eigenvalue weighted by Crippen LogP contribution is -2.30. The summed E-state index contributed by atoms with van der Waals surface area (Å²) in [7, 11) is 0. The van der Waals surface area contributed by atoms with E-state index in [0.29, 0.717) is 17.0 Å². The molecule has 0 bridgehead atoms. The molecular weight excluding hydrogens is 290 g/mol. The second-order valence-electron chi connectivity index (χ2n) is 5.71. The number of anilines is 1. The summed E-state index contributed by atoms with van der Waals surface area (Å²) in [5.74, 6) is 0.369. The molecular formula is C19H21NO3. The van der Waals surface area contributed by atoms with Gasteiger partial charge in [-0.1, -0.05) is 18.2 Å². The molecule has 0 radical (unpaired) electrons. The van der Waals surface area contributed by atoms with E-state index in [1.54, 1.807) is 31.2 Å². The number of Topliss-reactive ketones (excluding diaryl/α,β-unsaturated/α-hetero) is 1. The average Bonchev–Trinajstić information content (AvgIpc) is 2.46. The van der Waals surface area contributed by atoms with E-state index < -0.39 is 6.10 Å². The van der Waals surface area contributed by atoms with E-state index in [4.69, 9.17) is 4.74 Å². The van der Waals surface area contributed by atoms with Crippen molar-refractivity contribution < 1.29 is 14.3 Å². The molecule has 120 valence electrons. The summed E-state index contributed by atoms with van der Waals surface area (Å²) in [6.45, 7) is 7.16. The fourth-order valence-corrected chi connectivity index (χ4v) is 2.32. The van der Waals surface area contributed by atoms with Crippen molar-refractivity contribution in [2.24, 2.45) is 0 Å². The number of carbonyl (C=O) groups excluding carboxylic acids is 2. The van der Waals surface area contributed by atoms with E-state index in [-0.39, 0.29) is 11.7 Å². The third-order valence-electron chi connectivity index (χ3n) is 3.41. The second-order valence-corrected chi connectivity index (χ2v) is 5.71. The van der Waals surface area contributed by atoms with Crippen molar-refractivity contribution in [3.05, 3.63) is 59.2 Å². The lowest BCUT2D eigenvalue weighted by molar-refractivity contribution is -0.122. The van der Waals surface area contributed by atoms with Crippen LogP contribution in [0.15, 0.2) is 42.5 Å². The van der Waals surface area contributed by atoms with Crippen molar-refractivity contribution in [3.8, 4) is 5.75 Å². The number of rotatable bonds is 5. The van der Waals surface area contributed by atoms with Gasteiger partial charge in [-0.25, -0.2) is 0 Å². The van der Waals surface area contributed by atoms with Gasteiger partial charge in [-0.05, 0) is 63.1 Å². The Morgan fingerprint density at radius 1 is 1.04 bits per heavy atom. The molecule has 0 saturated carbocycles. The third-order valence-corrected chi connectivity index (χ3v) is 3.41. The summed E-state index contributed by atoms with van der Waals surface area (Å²) < 4.78 is 5.71. The van der Waals surface area contributed by atoms with Gasteiger partial charge in [0.1, 0.15) is 5.75 Å². The summed E-state index contributed by atoms with van der Waals surface area (Å²) >= 11 is 0. The normalized spacial score (nSPS) is 11.7. The standard InChI is InChI=1S/C19H21NO3/c1-12-8-13(2)10-18(9-12)23-15(4)19(22)20-17-7-5-6-16(11-17)14(3)21/h5-11,15H,1-4H3,(H,20,22). The first kappa shape index (κ1) is 16.7. The van der Waals surface area contributed by atoms with Crippen LogP contribution in [0.3, 0.4) is 0 Å². The van der Waals surface area contributed by atoms with Gasteiger partial charge < -0.3 is 10.1 Å². The van der Waals surface area contributed by atoms with Crippen LogP contribution in [-0.2, 0) is 4.79 Å². The van der Waals surface area contributed by atoms with Crippen molar-refractivity contribution in [1.82, 2.24) is 0 Å². The molecule has 0 fully saturated rings. The van der Waals surface area contributed by atoms with Crippen molar-refractivity contribution in [2.45, 2.75) is 33.8 Å². The van der Waals surface area contributed by atoms with Gasteiger partial charge in [0.05, 0.1) is 0 Å². The van der Waals surface area contributed by atoms with Gasteiger partial charge in [-0.2, -0.15) is 0 Å². The van der Waals surface area contributed by atoms with Crippen LogP contribution in [0, 0.1) is 13.8 Å². The summed E-state index contributed by atoms with van der Waals surface area (Å²) in [6, 6.07) is 12.7. The Morgan fingerprint density at radius 2 is 1.70 bits per heavy atom. The molecule has 1 N–H and O–H groups in total. The Labute approximate surface area is 136 Å². The van der Waals surface area contributed by atoms with E-state index in [2.05, 4.69) is 5.32 Å². The second kappa shape index (κ2) is 7.09. The van der Waals surface area contributed by atoms with Gasteiger partial charge in [0.25, 0.3) is 5.91 Å². The summed E-state index contributed by atoms with van der Waals surface area (Å²) in [5.41, 5.74) is 3.31. The largest absolute Gasteiger partial charge is 0.481 e. The van der Waals surface area contributed by atoms with E-state index in [1.807, 2.05) is 32.0 Å². The maximum atomic E-state index is 12.2. The highest BCUT2D eigenvalue weighted by Gasteiger charge is 2.15. The molecule has 0 heterocycles. The van der Waals surface area contributed by atoms with Gasteiger partial charge in [0, 0.05) is 11.3 Å². The molecule has 0 saturated heterocycles. The minimum absolute atomic E-state index is 0.0411. The van der Waals surface area contributed by atoms with Crippen molar-refractivity contribution in [2.75, 3.05) is 5.32 Å². The van der Waals surface area contributed by atoms with Crippen LogP contribution in [0.4, 0.5) is 5.69 Å². The number of aryl methyl sites for hydroxylation is 2. The number of carbonyl (C=O) groups is 2. The highest BCUT2D eigenvalue weighted by Crippen LogP contribution is 2.18. The molecule has 2 aromatic rings. The lowest BCUT2D eigenvalue weighted by Gasteiger charge is -2.16. The number of hydrogen-bond donors (Lipinski definition) is 1. The predicted molar refractivity (Wildman–Crippen MR) is 91.1 cm³/mol. The van der Waals surface area contributed by atoms with Crippen molar-refractivity contribution in [1.29, 1.82) is 0 Å². The molecule has 2 rings (SSSR count). The summed E-state index contributed by atoms with van der Waals surface area (Å²) in [5, 5.41) is 2.77. The Morgan fingerprint density at radius 3 is 2.30 bits per heavy atom. The zero-order valence-electron chi connectivity index (χ0n) is 13.8. The molecule has 4 heteroatoms. The SMILES string of the molecule is CC(=O)c1cccc(NC(=O)C(C)Oc2cc(C)cc(C)c2)c1. The Balaban J connectivity index is 2.05. The average molecular weight is 311 g/mol. The topological polar surface area (TPSA) is 55.4 Å². The fourth-order valence-electron chi connectivity index (χ4n) is 2.32. The third kappa shape index (κ3) is 4.68. The van der Waals surface area contributed by atoms with Crippen LogP contribution in [0.2, 0.25) is 0 Å². The molecule has 1 atom stereocenters. The van der Waals surface area contributed by atoms with Crippen molar-refractivity contribution in [3.63, 3.8) is 0 Å². The zero-order chi connectivity index (χ0) is 17.0. The highest BCUT2D eigenvalue weighted by molar-refractivity contribution is 5.98. The van der Waals surface area contributed by atoms with Gasteiger partial charge in [-0.3, -0.25) is 9.59 Å². The molecule has 0 aliphatic heterocycles. The first-order chi connectivity index (χ1) is 10.8. The number of hydrogen-bond acceptors (Lipinski definition) is 3. The minimum atomic E-state index is -0.641. The highest BCUT2D eigenvalue weighted by atomic mass is 16.5. The van der Waals surface area contributed by atoms with Crippen LogP contribution in [0.25, 0.3) is 0 Å². The maximum Gasteiger partial charge on any atom is 0.265 e. The predicted octanol–water partition coefficient (Wildman–Crippen LogP) is 3.91. The van der Waals surface area contributed by atoms with Gasteiger partial charge in [-0.15, -0.1) is 0 Å². The number of ketones is 1. The van der Waals surface area contributed by atoms with Crippen LogP contribution >= 0.6 is 0 Å². The first-order valence-corrected chi connectivity index (χ1v) is 7.52. The Kier molecular flexibility index (Phi) is 5.16. The smallest absolute Gasteiger partial charge is 0.265 e. The first-order valence-electron chi connectivity index (χ1n) is 7.52. The molecule has 0 aromatic heterocycles. The van der Waals surface area contributed by atoms with Crippen LogP contribution in [0.1, 0.15) is 35.3 Å². The lowest BCUT2D eigenvalue weighted by atomic mass is 10.1. The number of nitrogens with one attached hydrogen (secondary N) is 1. The monoisotopic (exact) mass is 311 g/mol.